The largest absolute Gasteiger partial charge is 0.480 e. The van der Waals surface area contributed by atoms with E-state index in [1.165, 1.54) is 6.07 Å². The van der Waals surface area contributed by atoms with Crippen molar-refractivity contribution in [1.82, 2.24) is 0 Å². The third-order valence-corrected chi connectivity index (χ3v) is 3.47. The van der Waals surface area contributed by atoms with Gasteiger partial charge >= 0.3 is 5.97 Å². The average molecular weight is 368 g/mol. The molecule has 0 heterocycles. The second-order valence-electron chi connectivity index (χ2n) is 4.94. The van der Waals surface area contributed by atoms with E-state index in [2.05, 4.69) is 5.32 Å². The summed E-state index contributed by atoms with van der Waals surface area (Å²) in [6, 6.07) is 11.9. The zero-order valence-electron chi connectivity index (χ0n) is 12.8. The third-order valence-electron chi connectivity index (χ3n) is 2.94. The summed E-state index contributed by atoms with van der Waals surface area (Å²) < 4.78 is 10.1. The van der Waals surface area contributed by atoms with Crippen LogP contribution >= 0.6 is 23.2 Å². The molecule has 126 valence electrons. The zero-order valence-corrected chi connectivity index (χ0v) is 14.4. The van der Waals surface area contributed by atoms with E-state index in [1.54, 1.807) is 24.3 Å². The summed E-state index contributed by atoms with van der Waals surface area (Å²) in [7, 11) is 0. The number of esters is 1. The normalized spacial score (nSPS) is 10.1. The number of ether oxygens (including phenoxy) is 2. The van der Waals surface area contributed by atoms with Crippen LogP contribution in [0.15, 0.2) is 42.5 Å². The maximum absolute atomic E-state index is 11.7. The Kier molecular flexibility index (Phi) is 6.46. The van der Waals surface area contributed by atoms with Crippen LogP contribution in [0.1, 0.15) is 5.56 Å². The lowest BCUT2D eigenvalue weighted by Gasteiger charge is -2.09. The third kappa shape index (κ3) is 5.76. The van der Waals surface area contributed by atoms with Gasteiger partial charge in [0.15, 0.2) is 13.2 Å². The minimum atomic E-state index is -0.680. The Balaban J connectivity index is 1.74. The Morgan fingerprint density at radius 1 is 1.04 bits per heavy atom. The van der Waals surface area contributed by atoms with E-state index in [-0.39, 0.29) is 11.6 Å². The van der Waals surface area contributed by atoms with Crippen LogP contribution in [0.3, 0.4) is 0 Å². The molecule has 0 aliphatic rings. The number of rotatable bonds is 6. The molecule has 2 aromatic carbocycles. The molecule has 0 atom stereocenters. The number of nitrogens with one attached hydrogen (secondary N) is 1. The number of carbonyl (C=O) groups is 2. The van der Waals surface area contributed by atoms with Gasteiger partial charge in [0.2, 0.25) is 0 Å². The van der Waals surface area contributed by atoms with E-state index in [9.17, 15) is 9.59 Å². The van der Waals surface area contributed by atoms with Crippen molar-refractivity contribution in [2.75, 3.05) is 18.5 Å². The summed E-state index contributed by atoms with van der Waals surface area (Å²) in [6.07, 6.45) is 0. The van der Waals surface area contributed by atoms with Crippen molar-refractivity contribution < 1.29 is 19.1 Å². The molecule has 0 saturated carbocycles. The minimum Gasteiger partial charge on any atom is -0.480 e. The summed E-state index contributed by atoms with van der Waals surface area (Å²) in [5.41, 5.74) is 1.71. The molecular formula is C17H15Cl2NO4. The van der Waals surface area contributed by atoms with E-state index >= 15 is 0 Å². The molecule has 1 N–H and O–H groups in total. The molecule has 1 amide bonds. The van der Waals surface area contributed by atoms with Gasteiger partial charge in [-0.05, 0) is 37.3 Å². The Hall–Kier alpha value is -2.24. The van der Waals surface area contributed by atoms with Crippen LogP contribution in [0, 0.1) is 6.92 Å². The molecule has 0 aromatic heterocycles. The Bertz CT molecular complexity index is 732. The van der Waals surface area contributed by atoms with Gasteiger partial charge in [-0.25, -0.2) is 4.79 Å². The molecule has 0 unspecified atom stereocenters. The van der Waals surface area contributed by atoms with Crippen molar-refractivity contribution in [3.05, 3.63) is 58.1 Å². The van der Waals surface area contributed by atoms with E-state index < -0.39 is 18.5 Å². The van der Waals surface area contributed by atoms with Gasteiger partial charge in [-0.3, -0.25) is 4.79 Å². The minimum absolute atomic E-state index is 0.285. The highest BCUT2D eigenvalue weighted by atomic mass is 35.5. The lowest BCUT2D eigenvalue weighted by atomic mass is 10.2. The zero-order chi connectivity index (χ0) is 17.5. The topological polar surface area (TPSA) is 64.6 Å². The number of amides is 1. The lowest BCUT2D eigenvalue weighted by Crippen LogP contribution is -2.23. The SMILES string of the molecule is Cc1ccc(NC(=O)COC(=O)COc2ccc(Cl)cc2Cl)cc1. The van der Waals surface area contributed by atoms with Crippen LogP contribution < -0.4 is 10.1 Å². The summed E-state index contributed by atoms with van der Waals surface area (Å²) in [6.45, 7) is 1.18. The molecular weight excluding hydrogens is 353 g/mol. The van der Waals surface area contributed by atoms with Crippen LogP contribution in [0.25, 0.3) is 0 Å². The molecule has 0 aliphatic carbocycles. The van der Waals surface area contributed by atoms with E-state index in [0.29, 0.717) is 16.5 Å². The Morgan fingerprint density at radius 3 is 2.42 bits per heavy atom. The number of benzene rings is 2. The van der Waals surface area contributed by atoms with Crippen LogP contribution in [0.5, 0.6) is 5.75 Å². The number of anilines is 1. The van der Waals surface area contributed by atoms with Gasteiger partial charge in [0.05, 0.1) is 5.02 Å². The smallest absolute Gasteiger partial charge is 0.344 e. The second kappa shape index (κ2) is 8.57. The number of hydrogen-bond donors (Lipinski definition) is 1. The molecule has 5 nitrogen and oxygen atoms in total. The van der Waals surface area contributed by atoms with Gasteiger partial charge in [-0.15, -0.1) is 0 Å². The monoisotopic (exact) mass is 367 g/mol. The van der Waals surface area contributed by atoms with Gasteiger partial charge < -0.3 is 14.8 Å². The highest BCUT2D eigenvalue weighted by Crippen LogP contribution is 2.27. The molecule has 0 spiro atoms. The predicted octanol–water partition coefficient (Wildman–Crippen LogP) is 3.86. The van der Waals surface area contributed by atoms with Crippen molar-refractivity contribution in [1.29, 1.82) is 0 Å². The Morgan fingerprint density at radius 2 is 1.75 bits per heavy atom. The quantitative estimate of drug-likeness (QED) is 0.787. The summed E-state index contributed by atoms with van der Waals surface area (Å²) >= 11 is 11.7. The molecule has 0 bridgehead atoms. The van der Waals surface area contributed by atoms with Crippen LogP contribution in [0.2, 0.25) is 10.0 Å². The molecule has 2 aromatic rings. The van der Waals surface area contributed by atoms with Crippen molar-refractivity contribution in [2.24, 2.45) is 0 Å². The fourth-order valence-corrected chi connectivity index (χ4v) is 2.21. The first kappa shape index (κ1) is 18.1. The molecule has 24 heavy (non-hydrogen) atoms. The number of aryl methyl sites for hydroxylation is 1. The van der Waals surface area contributed by atoms with Gasteiger partial charge in [-0.1, -0.05) is 40.9 Å². The van der Waals surface area contributed by atoms with Crippen LogP contribution in [0.4, 0.5) is 5.69 Å². The summed E-state index contributed by atoms with van der Waals surface area (Å²) in [5, 5.41) is 3.37. The van der Waals surface area contributed by atoms with Crippen LogP contribution in [-0.4, -0.2) is 25.1 Å². The van der Waals surface area contributed by atoms with E-state index in [0.717, 1.165) is 5.56 Å². The molecule has 0 saturated heterocycles. The number of halogens is 2. The molecule has 0 fully saturated rings. The standard InChI is InChI=1S/C17H15Cl2NO4/c1-11-2-5-13(6-3-11)20-16(21)9-24-17(22)10-23-15-7-4-12(18)8-14(15)19/h2-8H,9-10H2,1H3,(H,20,21). The van der Waals surface area contributed by atoms with E-state index in [4.69, 9.17) is 32.7 Å². The average Bonchev–Trinajstić information content (AvgIpc) is 2.54. The number of carbonyl (C=O) groups excluding carboxylic acids is 2. The highest BCUT2D eigenvalue weighted by Gasteiger charge is 2.10. The van der Waals surface area contributed by atoms with Crippen LogP contribution in [-0.2, 0) is 14.3 Å². The predicted molar refractivity (Wildman–Crippen MR) is 92.7 cm³/mol. The van der Waals surface area contributed by atoms with Gasteiger partial charge in [0.25, 0.3) is 5.91 Å². The molecule has 0 aliphatic heterocycles. The first-order valence-corrected chi connectivity index (χ1v) is 7.79. The van der Waals surface area contributed by atoms with Crippen molar-refractivity contribution in [3.8, 4) is 5.75 Å². The maximum atomic E-state index is 11.7. The van der Waals surface area contributed by atoms with Crippen molar-refractivity contribution >= 4 is 40.8 Å². The van der Waals surface area contributed by atoms with Crippen molar-refractivity contribution in [3.63, 3.8) is 0 Å². The molecule has 7 heteroatoms. The van der Waals surface area contributed by atoms with E-state index in [1.807, 2.05) is 19.1 Å². The van der Waals surface area contributed by atoms with Gasteiger partial charge in [-0.2, -0.15) is 0 Å². The Labute approximate surface area is 149 Å². The lowest BCUT2D eigenvalue weighted by molar-refractivity contribution is -0.149. The summed E-state index contributed by atoms with van der Waals surface area (Å²) in [5.74, 6) is -0.807. The first-order chi connectivity index (χ1) is 11.4. The fourth-order valence-electron chi connectivity index (χ4n) is 1.75. The fraction of sp³-hybridized carbons (Fsp3) is 0.176. The number of hydrogen-bond acceptors (Lipinski definition) is 4. The van der Waals surface area contributed by atoms with Gasteiger partial charge in [0.1, 0.15) is 5.75 Å². The van der Waals surface area contributed by atoms with Gasteiger partial charge in [0, 0.05) is 10.7 Å². The highest BCUT2D eigenvalue weighted by molar-refractivity contribution is 6.35. The second-order valence-corrected chi connectivity index (χ2v) is 5.78. The molecule has 2 rings (SSSR count). The summed E-state index contributed by atoms with van der Waals surface area (Å²) in [4.78, 5) is 23.3. The first-order valence-electron chi connectivity index (χ1n) is 7.04. The maximum Gasteiger partial charge on any atom is 0.344 e. The van der Waals surface area contributed by atoms with Crippen molar-refractivity contribution in [2.45, 2.75) is 6.92 Å². The molecule has 0 radical (unpaired) electrons.